The Labute approximate surface area is 261 Å². The maximum atomic E-state index is 13.6. The van der Waals surface area contributed by atoms with E-state index in [1.165, 1.54) is 16.7 Å². The number of aryl methyl sites for hydroxylation is 3. The lowest BCUT2D eigenvalue weighted by Crippen LogP contribution is -2.56. The Bertz CT molecular complexity index is 1490. The summed E-state index contributed by atoms with van der Waals surface area (Å²) in [6.45, 7) is 5.40. The van der Waals surface area contributed by atoms with Gasteiger partial charge in [-0.1, -0.05) is 54.6 Å². The van der Waals surface area contributed by atoms with E-state index in [4.69, 9.17) is 10.5 Å². The number of aliphatic hydroxyl groups excluding tert-OH is 1. The van der Waals surface area contributed by atoms with E-state index in [2.05, 4.69) is 10.6 Å². The van der Waals surface area contributed by atoms with Gasteiger partial charge in [-0.15, -0.1) is 11.8 Å². The molecule has 232 valence electrons. The van der Waals surface area contributed by atoms with Crippen LogP contribution in [-0.2, 0) is 27.3 Å². The number of carbonyl (C=O) groups excluding carboxylic acids is 4. The van der Waals surface area contributed by atoms with E-state index in [1.807, 2.05) is 61.5 Å². The van der Waals surface area contributed by atoms with Gasteiger partial charge < -0.3 is 31.1 Å². The van der Waals surface area contributed by atoms with E-state index in [1.54, 1.807) is 26.0 Å². The fourth-order valence-electron chi connectivity index (χ4n) is 5.14. The molecule has 4 amide bonds. The van der Waals surface area contributed by atoms with Gasteiger partial charge in [0.05, 0.1) is 11.9 Å². The van der Waals surface area contributed by atoms with Crippen molar-refractivity contribution < 1.29 is 29.0 Å². The van der Waals surface area contributed by atoms with Crippen LogP contribution in [0.1, 0.15) is 38.2 Å². The van der Waals surface area contributed by atoms with Crippen molar-refractivity contribution in [3.63, 3.8) is 0 Å². The highest BCUT2D eigenvalue weighted by molar-refractivity contribution is 7.99. The highest BCUT2D eigenvalue weighted by Gasteiger charge is 2.40. The second-order valence-corrected chi connectivity index (χ2v) is 11.9. The molecule has 3 aromatic carbocycles. The zero-order valence-corrected chi connectivity index (χ0v) is 25.9. The molecule has 11 heteroatoms. The molecule has 0 aromatic heterocycles. The van der Waals surface area contributed by atoms with Gasteiger partial charge in [-0.3, -0.25) is 19.2 Å². The first-order valence-corrected chi connectivity index (χ1v) is 15.5. The Morgan fingerprint density at radius 2 is 1.66 bits per heavy atom. The molecule has 0 aliphatic carbocycles. The molecule has 3 atom stereocenters. The van der Waals surface area contributed by atoms with Gasteiger partial charge in [0, 0.05) is 17.9 Å². The molecule has 44 heavy (non-hydrogen) atoms. The number of aliphatic hydroxyl groups is 1. The number of amides is 4. The lowest BCUT2D eigenvalue weighted by atomic mass is 9.99. The summed E-state index contributed by atoms with van der Waals surface area (Å²) in [4.78, 5) is 52.8. The first-order valence-electron chi connectivity index (χ1n) is 14.3. The van der Waals surface area contributed by atoms with Gasteiger partial charge >= 0.3 is 0 Å². The number of thioether (sulfide) groups is 1. The molecule has 0 saturated carbocycles. The third-order valence-electron chi connectivity index (χ3n) is 7.55. The van der Waals surface area contributed by atoms with Crippen LogP contribution in [-0.4, -0.2) is 70.1 Å². The molecular formula is C33H38N4O6S. The van der Waals surface area contributed by atoms with Crippen molar-refractivity contribution in [1.29, 1.82) is 0 Å². The number of nitrogens with one attached hydrogen (secondary N) is 2. The SMILES string of the molecule is Cc1ccccc1CNC(=O)[C@@H]1CSCN1C(=O)[C@@H](O)[C@H](Cc1ccccc1)NC(=O)COc1c(C)cc(C(N)=O)cc1C. The minimum absolute atomic E-state index is 0.177. The molecule has 0 spiro atoms. The number of ether oxygens (including phenoxy) is 1. The topological polar surface area (TPSA) is 151 Å². The quantitative estimate of drug-likeness (QED) is 0.243. The summed E-state index contributed by atoms with van der Waals surface area (Å²) in [5, 5.41) is 17.0. The van der Waals surface area contributed by atoms with E-state index in [0.29, 0.717) is 34.7 Å². The number of nitrogens with zero attached hydrogens (tertiary/aromatic N) is 1. The van der Waals surface area contributed by atoms with Crippen LogP contribution >= 0.6 is 11.8 Å². The van der Waals surface area contributed by atoms with E-state index < -0.39 is 35.9 Å². The number of carbonyl (C=O) groups is 4. The van der Waals surface area contributed by atoms with Crippen LogP contribution in [0.3, 0.4) is 0 Å². The summed E-state index contributed by atoms with van der Waals surface area (Å²) >= 11 is 1.43. The molecular weight excluding hydrogens is 580 g/mol. The highest BCUT2D eigenvalue weighted by Crippen LogP contribution is 2.25. The predicted octanol–water partition coefficient (Wildman–Crippen LogP) is 2.40. The number of benzene rings is 3. The number of hydrogen-bond acceptors (Lipinski definition) is 7. The molecule has 0 radical (unpaired) electrons. The molecule has 1 saturated heterocycles. The standard InChI is InChI=1S/C33H38N4O6S/c1-20-9-7-8-12-24(20)16-35-32(41)27-18-44-19-37(27)33(42)29(39)26(15-23-10-5-4-6-11-23)36-28(38)17-43-30-21(2)13-25(31(34)40)14-22(30)3/h4-14,26-27,29,39H,15-19H2,1-3H3,(H2,34,40)(H,35,41)(H,36,38)/t26-,27-,29-/m0/s1. The molecule has 4 rings (SSSR count). The Morgan fingerprint density at radius 3 is 2.32 bits per heavy atom. The zero-order chi connectivity index (χ0) is 31.8. The van der Waals surface area contributed by atoms with Crippen molar-refractivity contribution >= 4 is 35.4 Å². The molecule has 0 bridgehead atoms. The van der Waals surface area contributed by atoms with Gasteiger partial charge in [0.25, 0.3) is 11.8 Å². The van der Waals surface area contributed by atoms with Crippen LogP contribution in [0.4, 0.5) is 0 Å². The second kappa shape index (κ2) is 14.9. The van der Waals surface area contributed by atoms with E-state index in [-0.39, 0.29) is 24.8 Å². The van der Waals surface area contributed by atoms with Crippen molar-refractivity contribution in [3.8, 4) is 5.75 Å². The Kier molecular flexibility index (Phi) is 11.0. The first kappa shape index (κ1) is 32.6. The second-order valence-electron chi connectivity index (χ2n) is 10.9. The van der Waals surface area contributed by atoms with Crippen LogP contribution in [0.15, 0.2) is 66.7 Å². The monoisotopic (exact) mass is 618 g/mol. The van der Waals surface area contributed by atoms with Gasteiger partial charge in [-0.05, 0) is 67.1 Å². The maximum absolute atomic E-state index is 13.6. The maximum Gasteiger partial charge on any atom is 0.258 e. The van der Waals surface area contributed by atoms with Gasteiger partial charge in [0.1, 0.15) is 11.8 Å². The lowest BCUT2D eigenvalue weighted by molar-refractivity contribution is -0.146. The molecule has 1 aliphatic rings. The normalized spacial score (nSPS) is 15.7. The van der Waals surface area contributed by atoms with Crippen molar-refractivity contribution in [2.45, 2.75) is 51.9 Å². The molecule has 0 unspecified atom stereocenters. The summed E-state index contributed by atoms with van der Waals surface area (Å²) in [6.07, 6.45) is -1.43. The third kappa shape index (κ3) is 8.18. The van der Waals surface area contributed by atoms with Crippen molar-refractivity contribution in [2.24, 2.45) is 5.73 Å². The molecule has 1 aliphatic heterocycles. The smallest absolute Gasteiger partial charge is 0.258 e. The highest BCUT2D eigenvalue weighted by atomic mass is 32.2. The molecule has 5 N–H and O–H groups in total. The third-order valence-corrected chi connectivity index (χ3v) is 8.57. The average Bonchev–Trinajstić information content (AvgIpc) is 3.50. The summed E-state index contributed by atoms with van der Waals surface area (Å²) in [7, 11) is 0. The van der Waals surface area contributed by atoms with Gasteiger partial charge in [-0.2, -0.15) is 0 Å². The minimum Gasteiger partial charge on any atom is -0.483 e. The van der Waals surface area contributed by atoms with Crippen LogP contribution in [0.5, 0.6) is 5.75 Å². The Morgan fingerprint density at radius 1 is 1.00 bits per heavy atom. The van der Waals surface area contributed by atoms with Crippen LogP contribution in [0, 0.1) is 20.8 Å². The molecule has 3 aromatic rings. The number of hydrogen-bond donors (Lipinski definition) is 4. The summed E-state index contributed by atoms with van der Waals surface area (Å²) in [5.41, 5.74) is 9.84. The Hall–Kier alpha value is -4.35. The number of nitrogens with two attached hydrogens (primary N) is 1. The summed E-state index contributed by atoms with van der Waals surface area (Å²) in [6, 6.07) is 18.4. The van der Waals surface area contributed by atoms with Gasteiger partial charge in [-0.25, -0.2) is 0 Å². The molecule has 1 heterocycles. The van der Waals surface area contributed by atoms with E-state index in [0.717, 1.165) is 16.7 Å². The lowest BCUT2D eigenvalue weighted by Gasteiger charge is -2.30. The van der Waals surface area contributed by atoms with Crippen LogP contribution in [0.2, 0.25) is 0 Å². The van der Waals surface area contributed by atoms with Crippen LogP contribution in [0.25, 0.3) is 0 Å². The minimum atomic E-state index is -1.61. The van der Waals surface area contributed by atoms with Gasteiger partial charge in [0.15, 0.2) is 12.7 Å². The largest absolute Gasteiger partial charge is 0.483 e. The van der Waals surface area contributed by atoms with Gasteiger partial charge in [0.2, 0.25) is 11.8 Å². The molecule has 10 nitrogen and oxygen atoms in total. The average molecular weight is 619 g/mol. The fraction of sp³-hybridized carbons (Fsp3) is 0.333. The summed E-state index contributed by atoms with van der Waals surface area (Å²) < 4.78 is 5.78. The van der Waals surface area contributed by atoms with Crippen molar-refractivity contribution in [1.82, 2.24) is 15.5 Å². The number of rotatable bonds is 12. The summed E-state index contributed by atoms with van der Waals surface area (Å²) in [5.74, 6) is -0.965. The first-order chi connectivity index (χ1) is 21.0. The van der Waals surface area contributed by atoms with Crippen molar-refractivity contribution in [2.75, 3.05) is 18.2 Å². The zero-order valence-electron chi connectivity index (χ0n) is 25.0. The number of primary amides is 1. The predicted molar refractivity (Wildman–Crippen MR) is 169 cm³/mol. The Balaban J connectivity index is 1.44. The molecule has 1 fully saturated rings. The van der Waals surface area contributed by atoms with E-state index in [9.17, 15) is 24.3 Å². The van der Waals surface area contributed by atoms with Crippen LogP contribution < -0.4 is 21.1 Å². The van der Waals surface area contributed by atoms with E-state index >= 15 is 0 Å². The van der Waals surface area contributed by atoms with Crippen molar-refractivity contribution in [3.05, 3.63) is 100 Å². The fourth-order valence-corrected chi connectivity index (χ4v) is 6.31.